The van der Waals surface area contributed by atoms with Crippen LogP contribution in [0, 0.1) is 0 Å². The van der Waals surface area contributed by atoms with Crippen molar-refractivity contribution < 1.29 is 17.5 Å². The molecular weight excluding hydrogens is 287 g/mol. The lowest BCUT2D eigenvalue weighted by Gasteiger charge is -2.20. The molecule has 0 heterocycles. The van der Waals surface area contributed by atoms with E-state index in [1.54, 1.807) is 25.6 Å². The molecule has 0 aliphatic rings. The minimum atomic E-state index is -3.46. The van der Waals surface area contributed by atoms with Gasteiger partial charge >= 0.3 is 5.69 Å². The Balaban J connectivity index is 4.70. The molecule has 0 radical (unpaired) electrons. The summed E-state index contributed by atoms with van der Waals surface area (Å²) in [6, 6.07) is 0. The van der Waals surface area contributed by atoms with Crippen molar-refractivity contribution in [1.29, 1.82) is 0 Å². The number of thioether (sulfide) groups is 1. The maximum Gasteiger partial charge on any atom is 0.305 e. The van der Waals surface area contributed by atoms with Gasteiger partial charge < -0.3 is 9.05 Å². The molecule has 0 saturated carbocycles. The van der Waals surface area contributed by atoms with E-state index in [0.29, 0.717) is 5.75 Å². The number of hydrogen-bond donors (Lipinski definition) is 0. The Bertz CT molecular complexity index is 318. The summed E-state index contributed by atoms with van der Waals surface area (Å²) in [6.45, 7) is 5.94. The molecule has 0 unspecified atom stereocenters. The molecule has 0 amide bonds. The maximum absolute atomic E-state index is 12.0. The van der Waals surface area contributed by atoms with Crippen LogP contribution in [0.2, 0.25) is 0 Å². The maximum atomic E-state index is 12.0. The van der Waals surface area contributed by atoms with E-state index in [-0.39, 0.29) is 19.0 Å². The topological polar surface area (TPSA) is 52.6 Å². The molecule has 0 bridgehead atoms. The van der Waals surface area contributed by atoms with Crippen LogP contribution in [0.1, 0.15) is 20.8 Å². The zero-order valence-corrected chi connectivity index (χ0v) is 13.2. The molecule has 0 N–H and O–H groups in total. The molecule has 0 aromatic rings. The summed E-state index contributed by atoms with van der Waals surface area (Å²) >= 11 is 6.62. The second kappa shape index (κ2) is 8.06. The fraction of sp³-hybridized carbons (Fsp3) is 1.00. The van der Waals surface area contributed by atoms with Gasteiger partial charge in [0.05, 0.1) is 19.0 Å². The van der Waals surface area contributed by atoms with Crippen LogP contribution in [0.3, 0.4) is 0 Å². The van der Waals surface area contributed by atoms with Crippen LogP contribution in [0.4, 0.5) is 0 Å². The van der Waals surface area contributed by atoms with Gasteiger partial charge in [-0.15, -0.1) is 0 Å². The molecule has 0 fully saturated rings. The molecule has 0 spiro atoms. The summed E-state index contributed by atoms with van der Waals surface area (Å²) in [4.78, 5) is 0. The van der Waals surface area contributed by atoms with Crippen molar-refractivity contribution in [1.82, 2.24) is 0 Å². The Kier molecular flexibility index (Phi) is 8.49. The summed E-state index contributed by atoms with van der Waals surface area (Å²) in [5.74, 6) is 1.46. The minimum absolute atomic E-state index is 0.0305. The Labute approximate surface area is 107 Å². The lowest BCUT2D eigenvalue weighted by atomic mass is 10.9. The summed E-state index contributed by atoms with van der Waals surface area (Å²) in [6.07, 6.45) is 0. The first-order chi connectivity index (χ1) is 7.43. The van der Waals surface area contributed by atoms with E-state index in [0.717, 1.165) is 5.75 Å². The van der Waals surface area contributed by atoms with E-state index in [1.807, 2.05) is 6.92 Å². The Morgan fingerprint density at radius 1 is 1.19 bits per heavy atom. The number of rotatable bonds is 9. The van der Waals surface area contributed by atoms with Gasteiger partial charge in [0, 0.05) is 5.75 Å². The van der Waals surface area contributed by atoms with E-state index >= 15 is 0 Å². The minimum Gasteiger partial charge on any atom is -0.319 e. The Hall–Kier alpha value is 0.870. The predicted octanol–water partition coefficient (Wildman–Crippen LogP) is 2.45. The van der Waals surface area contributed by atoms with Gasteiger partial charge in [-0.25, -0.2) is 8.42 Å². The van der Waals surface area contributed by atoms with Crippen molar-refractivity contribution in [2.75, 3.05) is 30.5 Å². The highest BCUT2D eigenvalue weighted by atomic mass is 33.0. The van der Waals surface area contributed by atoms with Crippen molar-refractivity contribution >= 4 is 38.7 Å². The van der Waals surface area contributed by atoms with Gasteiger partial charge in [-0.2, -0.15) is 11.8 Å². The highest BCUT2D eigenvalue weighted by molar-refractivity contribution is 8.63. The van der Waals surface area contributed by atoms with Crippen LogP contribution in [0.5, 0.6) is 0 Å². The lowest BCUT2D eigenvalue weighted by molar-refractivity contribution is 0.278. The van der Waals surface area contributed by atoms with Gasteiger partial charge in [0.15, 0.2) is 0 Å². The predicted molar refractivity (Wildman–Crippen MR) is 74.3 cm³/mol. The molecule has 0 aliphatic heterocycles. The highest BCUT2D eigenvalue weighted by Crippen LogP contribution is 2.55. The summed E-state index contributed by atoms with van der Waals surface area (Å²) in [5.41, 5.74) is -3.17. The Morgan fingerprint density at radius 3 is 2.06 bits per heavy atom. The van der Waals surface area contributed by atoms with Gasteiger partial charge in [0.2, 0.25) is 9.46 Å². The summed E-state index contributed by atoms with van der Waals surface area (Å²) in [5, 5.41) is 0. The van der Waals surface area contributed by atoms with Crippen LogP contribution in [-0.2, 0) is 30.3 Å². The van der Waals surface area contributed by atoms with E-state index in [2.05, 4.69) is 0 Å². The highest BCUT2D eigenvalue weighted by Gasteiger charge is 2.34. The van der Waals surface area contributed by atoms with E-state index in [4.69, 9.17) is 20.9 Å². The fourth-order valence-corrected chi connectivity index (χ4v) is 8.03. The van der Waals surface area contributed by atoms with Gasteiger partial charge in [-0.05, 0) is 31.4 Å². The lowest BCUT2D eigenvalue weighted by Crippen LogP contribution is -2.13. The monoisotopic (exact) mass is 306 g/mol. The molecule has 0 atom stereocenters. The second-order valence-electron chi connectivity index (χ2n) is 2.77. The molecule has 0 saturated heterocycles. The standard InChI is InChI=1S/C8H19O4PS3/c1-4-11-13(14,12-5-2)16(9,10)8-7-15-6-3/h4-8H2,1-3H3. The molecule has 8 heteroatoms. The SMILES string of the molecule is CCOP(=S)(OCC)S(=O)(=O)CCSCC. The first kappa shape index (κ1) is 16.9. The van der Waals surface area contributed by atoms with Crippen molar-refractivity contribution in [3.63, 3.8) is 0 Å². The van der Waals surface area contributed by atoms with E-state index < -0.39 is 15.2 Å². The van der Waals surface area contributed by atoms with Crippen LogP contribution < -0.4 is 0 Å². The molecule has 16 heavy (non-hydrogen) atoms. The molecule has 0 rings (SSSR count). The van der Waals surface area contributed by atoms with Crippen molar-refractivity contribution in [3.8, 4) is 0 Å². The quantitative estimate of drug-likeness (QED) is 0.482. The van der Waals surface area contributed by atoms with E-state index in [9.17, 15) is 8.42 Å². The number of hydrogen-bond acceptors (Lipinski definition) is 6. The van der Waals surface area contributed by atoms with Crippen LogP contribution in [-0.4, -0.2) is 38.9 Å². The van der Waals surface area contributed by atoms with Crippen LogP contribution in [0.25, 0.3) is 0 Å². The zero-order chi connectivity index (χ0) is 12.7. The average molecular weight is 306 g/mol. The third kappa shape index (κ3) is 5.02. The fourth-order valence-electron chi connectivity index (χ4n) is 0.934. The first-order valence-electron chi connectivity index (χ1n) is 5.13. The van der Waals surface area contributed by atoms with Gasteiger partial charge in [0.25, 0.3) is 0 Å². The molecule has 4 nitrogen and oxygen atoms in total. The molecule has 98 valence electrons. The van der Waals surface area contributed by atoms with Crippen molar-refractivity contribution in [3.05, 3.63) is 0 Å². The summed E-state index contributed by atoms with van der Waals surface area (Å²) in [7, 11) is -3.46. The van der Waals surface area contributed by atoms with Crippen molar-refractivity contribution in [2.24, 2.45) is 0 Å². The zero-order valence-electron chi connectivity index (χ0n) is 9.84. The molecule has 0 aromatic carbocycles. The van der Waals surface area contributed by atoms with Gasteiger partial charge in [-0.3, -0.25) is 0 Å². The second-order valence-corrected chi connectivity index (χ2v) is 12.4. The largest absolute Gasteiger partial charge is 0.319 e. The van der Waals surface area contributed by atoms with Gasteiger partial charge in [-0.1, -0.05) is 6.92 Å². The van der Waals surface area contributed by atoms with E-state index in [1.165, 1.54) is 0 Å². The van der Waals surface area contributed by atoms with Gasteiger partial charge in [0.1, 0.15) is 0 Å². The smallest absolute Gasteiger partial charge is 0.305 e. The third-order valence-corrected chi connectivity index (χ3v) is 11.2. The van der Waals surface area contributed by atoms with Crippen LogP contribution >= 0.6 is 17.5 Å². The molecule has 0 aromatic heterocycles. The van der Waals surface area contributed by atoms with Crippen LogP contribution in [0.15, 0.2) is 0 Å². The third-order valence-electron chi connectivity index (χ3n) is 1.60. The first-order valence-corrected chi connectivity index (χ1v) is 11.2. The molecule has 0 aliphatic carbocycles. The summed E-state index contributed by atoms with van der Waals surface area (Å²) < 4.78 is 34.3. The average Bonchev–Trinajstić information content (AvgIpc) is 2.18. The molecular formula is C8H19O4PS3. The normalized spacial score (nSPS) is 12.9. The van der Waals surface area contributed by atoms with Crippen molar-refractivity contribution in [2.45, 2.75) is 20.8 Å². The Morgan fingerprint density at radius 2 is 1.69 bits per heavy atom.